The number of carboxylic acids is 1. The van der Waals surface area contributed by atoms with Crippen LogP contribution in [0, 0.1) is 6.92 Å². The number of aromatic carboxylic acids is 1. The first kappa shape index (κ1) is 11.7. The number of aryl methyl sites for hydroxylation is 1. The van der Waals surface area contributed by atoms with Crippen molar-refractivity contribution in [2.75, 3.05) is 6.61 Å². The molecule has 7 heteroatoms. The Morgan fingerprint density at radius 2 is 2.35 bits per heavy atom. The molecular formula is C10H11N3O3S. The first-order valence-corrected chi connectivity index (χ1v) is 5.79. The number of rotatable bonds is 4. The van der Waals surface area contributed by atoms with Crippen LogP contribution in [0.25, 0.3) is 10.7 Å². The molecule has 0 radical (unpaired) electrons. The number of aliphatic hydroxyl groups is 1. The fourth-order valence-electron chi connectivity index (χ4n) is 1.41. The van der Waals surface area contributed by atoms with E-state index in [1.54, 1.807) is 23.9 Å². The maximum atomic E-state index is 10.9. The van der Waals surface area contributed by atoms with Gasteiger partial charge in [0.05, 0.1) is 18.8 Å². The molecule has 0 atom stereocenters. The number of thiazole rings is 1. The molecule has 2 aromatic rings. The molecule has 0 bridgehead atoms. The second-order valence-corrected chi connectivity index (χ2v) is 4.43. The number of carboxylic acid groups (broad SMARTS) is 1. The summed E-state index contributed by atoms with van der Waals surface area (Å²) >= 11 is 1.10. The lowest BCUT2D eigenvalue weighted by Gasteiger charge is -1.94. The quantitative estimate of drug-likeness (QED) is 0.848. The SMILES string of the molecule is Cc1nc(-c2ccn(CCO)n2)sc1C(=O)O. The number of hydrogen-bond donors (Lipinski definition) is 2. The van der Waals surface area contributed by atoms with Crippen molar-refractivity contribution in [2.45, 2.75) is 13.5 Å². The van der Waals surface area contributed by atoms with Crippen molar-refractivity contribution in [3.05, 3.63) is 22.8 Å². The maximum Gasteiger partial charge on any atom is 0.347 e. The molecule has 2 heterocycles. The van der Waals surface area contributed by atoms with E-state index < -0.39 is 5.97 Å². The molecule has 2 rings (SSSR count). The van der Waals surface area contributed by atoms with Crippen molar-refractivity contribution in [2.24, 2.45) is 0 Å². The van der Waals surface area contributed by atoms with Gasteiger partial charge in [-0.3, -0.25) is 4.68 Å². The second kappa shape index (κ2) is 4.64. The number of aliphatic hydroxyl groups excluding tert-OH is 1. The van der Waals surface area contributed by atoms with Gasteiger partial charge in [0.25, 0.3) is 0 Å². The van der Waals surface area contributed by atoms with Crippen LogP contribution in [-0.2, 0) is 6.54 Å². The van der Waals surface area contributed by atoms with E-state index >= 15 is 0 Å². The molecule has 2 N–H and O–H groups in total. The van der Waals surface area contributed by atoms with Crippen molar-refractivity contribution < 1.29 is 15.0 Å². The summed E-state index contributed by atoms with van der Waals surface area (Å²) in [7, 11) is 0. The molecule has 0 aliphatic carbocycles. The second-order valence-electron chi connectivity index (χ2n) is 3.43. The van der Waals surface area contributed by atoms with Crippen LogP contribution in [-0.4, -0.2) is 37.6 Å². The monoisotopic (exact) mass is 253 g/mol. The predicted octanol–water partition coefficient (Wildman–Crippen LogP) is 1.01. The summed E-state index contributed by atoms with van der Waals surface area (Å²) in [5.41, 5.74) is 1.12. The number of aromatic nitrogens is 3. The molecular weight excluding hydrogens is 242 g/mol. The molecule has 0 saturated heterocycles. The van der Waals surface area contributed by atoms with E-state index in [9.17, 15) is 4.79 Å². The highest BCUT2D eigenvalue weighted by atomic mass is 32.1. The molecule has 0 unspecified atom stereocenters. The molecule has 0 aromatic carbocycles. The summed E-state index contributed by atoms with van der Waals surface area (Å²) in [6.45, 7) is 2.09. The summed E-state index contributed by atoms with van der Waals surface area (Å²) in [4.78, 5) is 15.3. The molecule has 0 aliphatic heterocycles. The van der Waals surface area contributed by atoms with Gasteiger partial charge in [-0.15, -0.1) is 11.3 Å². The molecule has 0 fully saturated rings. The van der Waals surface area contributed by atoms with Crippen molar-refractivity contribution in [1.29, 1.82) is 0 Å². The van der Waals surface area contributed by atoms with Crippen LogP contribution in [0.1, 0.15) is 15.4 Å². The number of carbonyl (C=O) groups is 1. The van der Waals surface area contributed by atoms with Gasteiger partial charge < -0.3 is 10.2 Å². The van der Waals surface area contributed by atoms with Gasteiger partial charge in [-0.25, -0.2) is 9.78 Å². The van der Waals surface area contributed by atoms with E-state index in [1.807, 2.05) is 0 Å². The molecule has 90 valence electrons. The fraction of sp³-hybridized carbons (Fsp3) is 0.300. The van der Waals surface area contributed by atoms with Crippen LogP contribution in [0.3, 0.4) is 0 Å². The van der Waals surface area contributed by atoms with Crippen LogP contribution in [0.2, 0.25) is 0 Å². The van der Waals surface area contributed by atoms with Crippen molar-refractivity contribution in [3.63, 3.8) is 0 Å². The van der Waals surface area contributed by atoms with E-state index in [1.165, 1.54) is 0 Å². The minimum atomic E-state index is -0.971. The average molecular weight is 253 g/mol. The Morgan fingerprint density at radius 1 is 1.59 bits per heavy atom. The minimum Gasteiger partial charge on any atom is -0.477 e. The van der Waals surface area contributed by atoms with Gasteiger partial charge in [0.15, 0.2) is 0 Å². The summed E-state index contributed by atoms with van der Waals surface area (Å²) in [6, 6.07) is 1.75. The minimum absolute atomic E-state index is 0.0123. The Kier molecular flexibility index (Phi) is 3.21. The Balaban J connectivity index is 2.32. The normalized spacial score (nSPS) is 10.7. The summed E-state index contributed by atoms with van der Waals surface area (Å²) in [5, 5.41) is 22.5. The van der Waals surface area contributed by atoms with Gasteiger partial charge in [0.1, 0.15) is 15.6 Å². The third-order valence-electron chi connectivity index (χ3n) is 2.18. The van der Waals surface area contributed by atoms with Crippen molar-refractivity contribution in [1.82, 2.24) is 14.8 Å². The van der Waals surface area contributed by atoms with Gasteiger partial charge in [0, 0.05) is 6.20 Å². The van der Waals surface area contributed by atoms with Crippen LogP contribution < -0.4 is 0 Å². The molecule has 6 nitrogen and oxygen atoms in total. The van der Waals surface area contributed by atoms with E-state index in [0.29, 0.717) is 22.9 Å². The molecule has 2 aromatic heterocycles. The van der Waals surface area contributed by atoms with Gasteiger partial charge in [-0.2, -0.15) is 5.10 Å². The van der Waals surface area contributed by atoms with E-state index in [4.69, 9.17) is 10.2 Å². The zero-order valence-electron chi connectivity index (χ0n) is 9.12. The van der Waals surface area contributed by atoms with Crippen molar-refractivity contribution >= 4 is 17.3 Å². The Hall–Kier alpha value is -1.73. The molecule has 0 amide bonds. The first-order chi connectivity index (χ1) is 8.11. The Bertz CT molecular complexity index is 547. The van der Waals surface area contributed by atoms with Crippen LogP contribution >= 0.6 is 11.3 Å². The predicted molar refractivity (Wildman–Crippen MR) is 62.1 cm³/mol. The van der Waals surface area contributed by atoms with Crippen LogP contribution in [0.5, 0.6) is 0 Å². The third kappa shape index (κ3) is 2.34. The Morgan fingerprint density at radius 3 is 2.94 bits per heavy atom. The summed E-state index contributed by atoms with van der Waals surface area (Å²) in [6.07, 6.45) is 1.72. The smallest absolute Gasteiger partial charge is 0.347 e. The van der Waals surface area contributed by atoms with E-state index in [-0.39, 0.29) is 11.5 Å². The van der Waals surface area contributed by atoms with Gasteiger partial charge in [-0.05, 0) is 13.0 Å². The molecule has 0 spiro atoms. The zero-order chi connectivity index (χ0) is 12.4. The largest absolute Gasteiger partial charge is 0.477 e. The highest BCUT2D eigenvalue weighted by Gasteiger charge is 2.16. The standard InChI is InChI=1S/C10H11N3O3S/c1-6-8(10(15)16)17-9(11-6)7-2-3-13(12-7)4-5-14/h2-3,14H,4-5H2,1H3,(H,15,16). The van der Waals surface area contributed by atoms with Gasteiger partial charge >= 0.3 is 5.97 Å². The van der Waals surface area contributed by atoms with Gasteiger partial charge in [-0.1, -0.05) is 0 Å². The average Bonchev–Trinajstić information content (AvgIpc) is 2.85. The lowest BCUT2D eigenvalue weighted by atomic mass is 10.4. The van der Waals surface area contributed by atoms with Crippen LogP contribution in [0.15, 0.2) is 12.3 Å². The molecule has 17 heavy (non-hydrogen) atoms. The number of nitrogens with zero attached hydrogens (tertiary/aromatic N) is 3. The number of hydrogen-bond acceptors (Lipinski definition) is 5. The van der Waals surface area contributed by atoms with E-state index in [2.05, 4.69) is 10.1 Å². The van der Waals surface area contributed by atoms with Crippen LogP contribution in [0.4, 0.5) is 0 Å². The molecule has 0 saturated carbocycles. The highest BCUT2D eigenvalue weighted by molar-refractivity contribution is 7.16. The highest BCUT2D eigenvalue weighted by Crippen LogP contribution is 2.26. The lowest BCUT2D eigenvalue weighted by Crippen LogP contribution is -2.02. The van der Waals surface area contributed by atoms with Gasteiger partial charge in [0.2, 0.25) is 0 Å². The lowest BCUT2D eigenvalue weighted by molar-refractivity contribution is 0.0701. The summed E-state index contributed by atoms with van der Waals surface area (Å²) in [5.74, 6) is -0.971. The fourth-order valence-corrected chi connectivity index (χ4v) is 2.28. The first-order valence-electron chi connectivity index (χ1n) is 4.97. The topological polar surface area (TPSA) is 88.2 Å². The maximum absolute atomic E-state index is 10.9. The summed E-state index contributed by atoms with van der Waals surface area (Å²) < 4.78 is 1.59. The van der Waals surface area contributed by atoms with Crippen molar-refractivity contribution in [3.8, 4) is 10.7 Å². The van der Waals surface area contributed by atoms with E-state index in [0.717, 1.165) is 11.3 Å². The molecule has 0 aliphatic rings. The zero-order valence-corrected chi connectivity index (χ0v) is 9.94. The Labute approximate surface area is 101 Å². The third-order valence-corrected chi connectivity index (χ3v) is 3.35.